The van der Waals surface area contributed by atoms with Crippen LogP contribution in [0.4, 0.5) is 0 Å². The fraction of sp³-hybridized carbons (Fsp3) is 0.536. The Bertz CT molecular complexity index is 1070. The number of unbranched alkanes of at least 4 members (excludes halogenated alkanes) is 1. The topological polar surface area (TPSA) is 180 Å². The number of nitrogens with one attached hydrogen (secondary N) is 2. The van der Waals surface area contributed by atoms with Gasteiger partial charge in [0.15, 0.2) is 5.96 Å². The summed E-state index contributed by atoms with van der Waals surface area (Å²) in [6.45, 7) is 8.03. The molecule has 1 fully saturated rings. The molecule has 3 amide bonds. The molecule has 1 saturated heterocycles. The van der Waals surface area contributed by atoms with Crippen LogP contribution in [0.15, 0.2) is 47.0 Å². The minimum atomic E-state index is -1.12. The minimum absolute atomic E-state index is 0.0177. The summed E-state index contributed by atoms with van der Waals surface area (Å²) in [7, 11) is 0. The van der Waals surface area contributed by atoms with Gasteiger partial charge in [-0.1, -0.05) is 45.0 Å². The number of allylic oxidation sites excluding steroid dienone is 1. The van der Waals surface area contributed by atoms with Crippen LogP contribution in [0.1, 0.15) is 63.7 Å². The van der Waals surface area contributed by atoms with Crippen molar-refractivity contribution in [3.63, 3.8) is 0 Å². The van der Waals surface area contributed by atoms with Gasteiger partial charge in [-0.15, -0.1) is 0 Å². The number of carboxylic acids is 1. The van der Waals surface area contributed by atoms with E-state index in [9.17, 15) is 24.3 Å². The number of carbonyl (C=O) groups excluding carboxylic acids is 3. The van der Waals surface area contributed by atoms with Crippen LogP contribution in [-0.4, -0.2) is 70.9 Å². The highest BCUT2D eigenvalue weighted by Gasteiger charge is 2.44. The summed E-state index contributed by atoms with van der Waals surface area (Å²) in [5.74, 6) is -2.74. The first-order valence-corrected chi connectivity index (χ1v) is 13.4. The molecular formula is C28H42N6O5. The molecule has 0 aromatic heterocycles. The Hall–Kier alpha value is -3.89. The summed E-state index contributed by atoms with van der Waals surface area (Å²) in [5.41, 5.74) is 12.1. The molecule has 1 aromatic rings. The number of rotatable bonds is 13. The number of likely N-dealkylation sites (tertiary alicyclic amines) is 1. The zero-order valence-electron chi connectivity index (χ0n) is 23.2. The summed E-state index contributed by atoms with van der Waals surface area (Å²) in [6.07, 6.45) is 3.59. The van der Waals surface area contributed by atoms with Crippen molar-refractivity contribution in [2.24, 2.45) is 28.3 Å². The Labute approximate surface area is 230 Å². The molecule has 0 spiro atoms. The summed E-state index contributed by atoms with van der Waals surface area (Å²) >= 11 is 0. The second-order valence-corrected chi connectivity index (χ2v) is 10.3. The smallest absolute Gasteiger partial charge is 0.326 e. The number of hydrogen-bond acceptors (Lipinski definition) is 5. The van der Waals surface area contributed by atoms with E-state index in [1.54, 1.807) is 30.3 Å². The summed E-state index contributed by atoms with van der Waals surface area (Å²) in [6, 6.07) is 5.69. The lowest BCUT2D eigenvalue weighted by Gasteiger charge is -2.30. The van der Waals surface area contributed by atoms with Gasteiger partial charge < -0.3 is 32.1 Å². The Balaban J connectivity index is 2.30. The predicted octanol–water partition coefficient (Wildman–Crippen LogP) is 1.64. The third kappa shape index (κ3) is 9.12. The predicted molar refractivity (Wildman–Crippen MR) is 150 cm³/mol. The molecule has 4 atom stereocenters. The average Bonchev–Trinajstić information content (AvgIpc) is 3.23. The van der Waals surface area contributed by atoms with E-state index in [1.165, 1.54) is 4.90 Å². The molecule has 11 nitrogen and oxygen atoms in total. The first-order valence-electron chi connectivity index (χ1n) is 13.4. The van der Waals surface area contributed by atoms with E-state index in [0.29, 0.717) is 31.4 Å². The van der Waals surface area contributed by atoms with Crippen molar-refractivity contribution >= 4 is 29.7 Å². The van der Waals surface area contributed by atoms with Crippen molar-refractivity contribution in [1.29, 1.82) is 0 Å². The van der Waals surface area contributed by atoms with Crippen LogP contribution in [0.3, 0.4) is 0 Å². The summed E-state index contributed by atoms with van der Waals surface area (Å²) in [5, 5.41) is 15.1. The standard InChI is InChI=1S/C28H42N6O5/c1-5-19-16-34(23(18(19)4)25(36)33-22(27(38)39)15-17(2)3)26(37)21(13-9-10-14-31-28(29)30)32-24(35)20-11-7-6-8-12-20/h5-8,11-12,17-18,21-23H,9-10,13-16H2,1-4H3,(H,32,35)(H,33,36)(H,38,39)(H4,29,30,31)/b19-5+/t18-,21-,22-,23-/m0/s1. The van der Waals surface area contributed by atoms with E-state index in [0.717, 1.165) is 5.57 Å². The van der Waals surface area contributed by atoms with E-state index in [2.05, 4.69) is 15.6 Å². The first kappa shape index (κ1) is 31.3. The van der Waals surface area contributed by atoms with Gasteiger partial charge in [0, 0.05) is 24.6 Å². The Morgan fingerprint density at radius 3 is 2.33 bits per heavy atom. The number of nitrogens with two attached hydrogens (primary N) is 2. The molecule has 11 heteroatoms. The molecule has 0 radical (unpaired) electrons. The third-order valence-corrected chi connectivity index (χ3v) is 6.83. The lowest BCUT2D eigenvalue weighted by atomic mass is 9.96. The van der Waals surface area contributed by atoms with Gasteiger partial charge in [-0.2, -0.15) is 0 Å². The highest BCUT2D eigenvalue weighted by atomic mass is 16.4. The molecule has 214 valence electrons. The van der Waals surface area contributed by atoms with Crippen LogP contribution < -0.4 is 22.1 Å². The molecule has 0 bridgehead atoms. The Kier molecular flexibility index (Phi) is 12.0. The molecule has 39 heavy (non-hydrogen) atoms. The number of benzene rings is 1. The van der Waals surface area contributed by atoms with Gasteiger partial charge in [0.2, 0.25) is 11.8 Å². The number of guanidine groups is 1. The van der Waals surface area contributed by atoms with Crippen molar-refractivity contribution in [3.8, 4) is 0 Å². The van der Waals surface area contributed by atoms with Gasteiger partial charge in [-0.05, 0) is 56.2 Å². The van der Waals surface area contributed by atoms with E-state index < -0.39 is 41.8 Å². The number of nitrogens with zero attached hydrogens (tertiary/aromatic N) is 2. The number of amides is 3. The molecule has 0 saturated carbocycles. The van der Waals surface area contributed by atoms with Gasteiger partial charge in [-0.25, -0.2) is 4.79 Å². The maximum absolute atomic E-state index is 13.9. The second-order valence-electron chi connectivity index (χ2n) is 10.3. The van der Waals surface area contributed by atoms with E-state index in [1.807, 2.05) is 33.8 Å². The van der Waals surface area contributed by atoms with Gasteiger partial charge in [0.25, 0.3) is 5.91 Å². The van der Waals surface area contributed by atoms with Crippen molar-refractivity contribution in [1.82, 2.24) is 15.5 Å². The number of aliphatic imine (C=N–C) groups is 1. The maximum Gasteiger partial charge on any atom is 0.326 e. The third-order valence-electron chi connectivity index (χ3n) is 6.83. The Morgan fingerprint density at radius 2 is 1.77 bits per heavy atom. The van der Waals surface area contributed by atoms with Crippen LogP contribution in [-0.2, 0) is 14.4 Å². The largest absolute Gasteiger partial charge is 0.480 e. The summed E-state index contributed by atoms with van der Waals surface area (Å²) < 4.78 is 0. The molecule has 1 aliphatic heterocycles. The van der Waals surface area contributed by atoms with Crippen molar-refractivity contribution in [2.75, 3.05) is 13.1 Å². The monoisotopic (exact) mass is 542 g/mol. The van der Waals surface area contributed by atoms with Crippen LogP contribution in [0.2, 0.25) is 0 Å². The number of carbonyl (C=O) groups is 4. The molecule has 1 aliphatic rings. The van der Waals surface area contributed by atoms with Crippen LogP contribution >= 0.6 is 0 Å². The summed E-state index contributed by atoms with van der Waals surface area (Å²) in [4.78, 5) is 57.6. The number of carboxylic acid groups (broad SMARTS) is 1. The van der Waals surface area contributed by atoms with Crippen molar-refractivity contribution in [3.05, 3.63) is 47.5 Å². The molecule has 2 rings (SSSR count). The zero-order valence-corrected chi connectivity index (χ0v) is 23.2. The Morgan fingerprint density at radius 1 is 1.10 bits per heavy atom. The fourth-order valence-electron chi connectivity index (χ4n) is 4.76. The molecular weight excluding hydrogens is 500 g/mol. The van der Waals surface area contributed by atoms with Gasteiger partial charge >= 0.3 is 5.97 Å². The average molecular weight is 543 g/mol. The quantitative estimate of drug-likeness (QED) is 0.109. The highest BCUT2D eigenvalue weighted by molar-refractivity contribution is 5.99. The molecule has 7 N–H and O–H groups in total. The van der Waals surface area contributed by atoms with Gasteiger partial charge in [-0.3, -0.25) is 19.4 Å². The highest BCUT2D eigenvalue weighted by Crippen LogP contribution is 2.30. The SMILES string of the molecule is C/C=C1\CN(C(=O)[C@H](CCCCN=C(N)N)NC(=O)c2ccccc2)[C@H](C(=O)N[C@@H](CC(C)C)C(=O)O)[C@H]1C. The van der Waals surface area contributed by atoms with E-state index in [-0.39, 0.29) is 30.8 Å². The molecule has 0 aliphatic carbocycles. The normalized spacial score (nSPS) is 19.4. The lowest BCUT2D eigenvalue weighted by molar-refractivity contribution is -0.145. The first-order chi connectivity index (χ1) is 18.5. The van der Waals surface area contributed by atoms with Gasteiger partial charge in [0.1, 0.15) is 18.1 Å². The second kappa shape index (κ2) is 14.9. The zero-order chi connectivity index (χ0) is 29.1. The lowest BCUT2D eigenvalue weighted by Crippen LogP contribution is -2.56. The van der Waals surface area contributed by atoms with Crippen molar-refractivity contribution in [2.45, 2.75) is 71.5 Å². The molecule has 1 aromatic carbocycles. The van der Waals surface area contributed by atoms with Crippen molar-refractivity contribution < 1.29 is 24.3 Å². The van der Waals surface area contributed by atoms with Crippen LogP contribution in [0.25, 0.3) is 0 Å². The van der Waals surface area contributed by atoms with Crippen LogP contribution in [0.5, 0.6) is 0 Å². The maximum atomic E-state index is 13.9. The number of hydrogen-bond donors (Lipinski definition) is 5. The molecule has 1 heterocycles. The number of aliphatic carboxylic acids is 1. The fourth-order valence-corrected chi connectivity index (χ4v) is 4.76. The minimum Gasteiger partial charge on any atom is -0.480 e. The van der Waals surface area contributed by atoms with Gasteiger partial charge in [0.05, 0.1) is 0 Å². The van der Waals surface area contributed by atoms with Crippen LogP contribution in [0, 0.1) is 11.8 Å². The van der Waals surface area contributed by atoms with E-state index >= 15 is 0 Å². The molecule has 0 unspecified atom stereocenters. The van der Waals surface area contributed by atoms with E-state index in [4.69, 9.17) is 11.5 Å².